The molecule has 0 aromatic heterocycles. The predicted octanol–water partition coefficient (Wildman–Crippen LogP) is 0.857. The van der Waals surface area contributed by atoms with Crippen molar-refractivity contribution in [3.63, 3.8) is 0 Å². The lowest BCUT2D eigenvalue weighted by Crippen LogP contribution is -2.33. The molecule has 1 heterocycles. The summed E-state index contributed by atoms with van der Waals surface area (Å²) in [6.45, 7) is 2.42. The van der Waals surface area contributed by atoms with Crippen molar-refractivity contribution >= 4 is 10.0 Å². The van der Waals surface area contributed by atoms with Gasteiger partial charge >= 0.3 is 0 Å². The molecular weight excluding hydrogens is 293 g/mol. The van der Waals surface area contributed by atoms with Gasteiger partial charge in [-0.2, -0.15) is 0 Å². The highest BCUT2D eigenvalue weighted by molar-refractivity contribution is 7.89. The summed E-state index contributed by atoms with van der Waals surface area (Å²) in [5.74, 6) is -0.446. The van der Waals surface area contributed by atoms with Gasteiger partial charge in [0.25, 0.3) is 0 Å². The number of nitrogens with two attached hydrogens (primary N) is 1. The molecule has 1 aliphatic heterocycles. The molecule has 0 aliphatic carbocycles. The van der Waals surface area contributed by atoms with Crippen LogP contribution in [0.25, 0.3) is 0 Å². The highest BCUT2D eigenvalue weighted by atomic mass is 32.2. The maximum absolute atomic E-state index is 13.9. The molecule has 1 fully saturated rings. The number of nitrogens with zero attached hydrogens (tertiary/aromatic N) is 2. The van der Waals surface area contributed by atoms with Crippen molar-refractivity contribution < 1.29 is 12.8 Å². The zero-order chi connectivity index (χ0) is 15.6. The van der Waals surface area contributed by atoms with Crippen LogP contribution in [0.3, 0.4) is 0 Å². The number of hydrogen-bond acceptors (Lipinski definition) is 4. The first-order valence-electron chi connectivity index (χ1n) is 6.98. The van der Waals surface area contributed by atoms with E-state index in [0.717, 1.165) is 25.6 Å². The van der Waals surface area contributed by atoms with Crippen LogP contribution in [0.4, 0.5) is 4.39 Å². The lowest BCUT2D eigenvalue weighted by atomic mass is 10.1. The Morgan fingerprint density at radius 3 is 2.76 bits per heavy atom. The largest absolute Gasteiger partial charge is 0.326 e. The fraction of sp³-hybridized carbons (Fsp3) is 0.571. The van der Waals surface area contributed by atoms with Crippen LogP contribution in [0.1, 0.15) is 12.0 Å². The van der Waals surface area contributed by atoms with Crippen LogP contribution in [-0.4, -0.2) is 51.4 Å². The minimum atomic E-state index is -3.82. The van der Waals surface area contributed by atoms with Crippen molar-refractivity contribution in [2.45, 2.75) is 17.9 Å². The number of likely N-dealkylation sites (tertiary alicyclic amines) is 1. The Morgan fingerprint density at radius 1 is 1.48 bits per heavy atom. The third-order valence-corrected chi connectivity index (χ3v) is 5.76. The molecule has 118 valence electrons. The fourth-order valence-corrected chi connectivity index (χ4v) is 4.04. The molecule has 2 N–H and O–H groups in total. The molecule has 0 saturated carbocycles. The lowest BCUT2D eigenvalue weighted by Gasteiger charge is -2.21. The van der Waals surface area contributed by atoms with E-state index >= 15 is 0 Å². The maximum Gasteiger partial charge on any atom is 0.245 e. The van der Waals surface area contributed by atoms with Crippen LogP contribution >= 0.6 is 0 Å². The first kappa shape index (κ1) is 16.4. The summed E-state index contributed by atoms with van der Waals surface area (Å²) >= 11 is 0. The highest BCUT2D eigenvalue weighted by Gasteiger charge is 2.29. The molecule has 1 aromatic carbocycles. The van der Waals surface area contributed by atoms with Gasteiger partial charge in [0.2, 0.25) is 10.0 Å². The number of sulfonamides is 1. The molecule has 1 aromatic rings. The second kappa shape index (κ2) is 6.39. The average Bonchev–Trinajstić information content (AvgIpc) is 2.84. The van der Waals surface area contributed by atoms with Gasteiger partial charge in [-0.1, -0.05) is 6.07 Å². The SMILES string of the molecule is CN1CCC(CN(C)S(=O)(=O)c2cc(CN)ccc2F)C1. The molecule has 21 heavy (non-hydrogen) atoms. The molecule has 0 amide bonds. The van der Waals surface area contributed by atoms with Crippen molar-refractivity contribution in [1.29, 1.82) is 0 Å². The Labute approximate surface area is 125 Å². The van der Waals surface area contributed by atoms with Crippen LogP contribution < -0.4 is 5.73 Å². The summed E-state index contributed by atoms with van der Waals surface area (Å²) in [5.41, 5.74) is 6.10. The molecular formula is C14H22FN3O2S. The monoisotopic (exact) mass is 315 g/mol. The predicted molar refractivity (Wildman–Crippen MR) is 79.7 cm³/mol. The Hall–Kier alpha value is -1.02. The normalized spacial score (nSPS) is 20.3. The molecule has 0 spiro atoms. The first-order chi connectivity index (χ1) is 9.84. The van der Waals surface area contributed by atoms with Gasteiger partial charge in [-0.25, -0.2) is 17.1 Å². The molecule has 1 atom stereocenters. The van der Waals surface area contributed by atoms with Crippen LogP contribution in [0.5, 0.6) is 0 Å². The number of rotatable bonds is 5. The van der Waals surface area contributed by atoms with E-state index in [1.54, 1.807) is 0 Å². The van der Waals surface area contributed by atoms with Crippen LogP contribution in [0, 0.1) is 11.7 Å². The molecule has 2 rings (SSSR count). The molecule has 0 bridgehead atoms. The summed E-state index contributed by atoms with van der Waals surface area (Å²) in [5, 5.41) is 0. The third kappa shape index (κ3) is 3.60. The summed E-state index contributed by atoms with van der Waals surface area (Å²) in [7, 11) is -0.308. The summed E-state index contributed by atoms with van der Waals surface area (Å²) in [6, 6.07) is 3.98. The van der Waals surface area contributed by atoms with Crippen molar-refractivity contribution in [3.8, 4) is 0 Å². The van der Waals surface area contributed by atoms with Gasteiger partial charge in [0, 0.05) is 26.7 Å². The molecule has 1 saturated heterocycles. The Balaban J connectivity index is 2.20. The Bertz CT molecular complexity index is 606. The summed E-state index contributed by atoms with van der Waals surface area (Å²) < 4.78 is 40.2. The zero-order valence-corrected chi connectivity index (χ0v) is 13.2. The van der Waals surface area contributed by atoms with Crippen molar-refractivity contribution in [2.24, 2.45) is 11.7 Å². The zero-order valence-electron chi connectivity index (χ0n) is 12.4. The van der Waals surface area contributed by atoms with E-state index < -0.39 is 15.8 Å². The number of halogens is 1. The third-order valence-electron chi connectivity index (χ3n) is 3.92. The molecule has 1 unspecified atom stereocenters. The number of benzene rings is 1. The van der Waals surface area contributed by atoms with Gasteiger partial charge in [-0.15, -0.1) is 0 Å². The van der Waals surface area contributed by atoms with Gasteiger partial charge in [0.15, 0.2) is 0 Å². The lowest BCUT2D eigenvalue weighted by molar-refractivity contribution is 0.356. The second-order valence-corrected chi connectivity index (χ2v) is 7.68. The topological polar surface area (TPSA) is 66.6 Å². The van der Waals surface area contributed by atoms with Gasteiger partial charge in [-0.3, -0.25) is 0 Å². The van der Waals surface area contributed by atoms with E-state index in [1.165, 1.54) is 23.5 Å². The molecule has 5 nitrogen and oxygen atoms in total. The van der Waals surface area contributed by atoms with Gasteiger partial charge < -0.3 is 10.6 Å². The fourth-order valence-electron chi connectivity index (χ4n) is 2.68. The van der Waals surface area contributed by atoms with Crippen LogP contribution in [-0.2, 0) is 16.6 Å². The Kier molecular flexibility index (Phi) is 4.98. The maximum atomic E-state index is 13.9. The second-order valence-electron chi connectivity index (χ2n) is 5.67. The minimum Gasteiger partial charge on any atom is -0.326 e. The van der Waals surface area contributed by atoms with E-state index in [2.05, 4.69) is 4.90 Å². The Morgan fingerprint density at radius 2 is 2.19 bits per heavy atom. The van der Waals surface area contributed by atoms with E-state index in [0.29, 0.717) is 12.1 Å². The van der Waals surface area contributed by atoms with Crippen LogP contribution in [0.15, 0.2) is 23.1 Å². The van der Waals surface area contributed by atoms with E-state index in [9.17, 15) is 12.8 Å². The number of hydrogen-bond donors (Lipinski definition) is 1. The van der Waals surface area contributed by atoms with E-state index in [4.69, 9.17) is 5.73 Å². The first-order valence-corrected chi connectivity index (χ1v) is 8.42. The summed E-state index contributed by atoms with van der Waals surface area (Å²) in [4.78, 5) is 1.88. The highest BCUT2D eigenvalue weighted by Crippen LogP contribution is 2.23. The van der Waals surface area contributed by atoms with E-state index in [-0.39, 0.29) is 17.4 Å². The van der Waals surface area contributed by atoms with Crippen molar-refractivity contribution in [1.82, 2.24) is 9.21 Å². The van der Waals surface area contributed by atoms with Gasteiger partial charge in [-0.05, 0) is 43.6 Å². The van der Waals surface area contributed by atoms with Gasteiger partial charge in [0.1, 0.15) is 10.7 Å². The average molecular weight is 315 g/mol. The van der Waals surface area contributed by atoms with Crippen LogP contribution in [0.2, 0.25) is 0 Å². The molecule has 7 heteroatoms. The standard InChI is InChI=1S/C14H22FN3O2S/c1-17-6-5-12(9-17)10-18(2)21(19,20)14-7-11(8-16)3-4-13(14)15/h3-4,7,12H,5-6,8-10,16H2,1-2H3. The van der Waals surface area contributed by atoms with Crippen molar-refractivity contribution in [3.05, 3.63) is 29.6 Å². The molecule has 1 aliphatic rings. The van der Waals surface area contributed by atoms with E-state index in [1.807, 2.05) is 7.05 Å². The minimum absolute atomic E-state index is 0.180. The molecule has 0 radical (unpaired) electrons. The van der Waals surface area contributed by atoms with Gasteiger partial charge in [0.05, 0.1) is 0 Å². The van der Waals surface area contributed by atoms with Crippen molar-refractivity contribution in [2.75, 3.05) is 33.7 Å². The summed E-state index contributed by atoms with van der Waals surface area (Å²) in [6.07, 6.45) is 0.960. The smallest absolute Gasteiger partial charge is 0.245 e. The quantitative estimate of drug-likeness (QED) is 0.875.